The van der Waals surface area contributed by atoms with Gasteiger partial charge in [0, 0.05) is 31.8 Å². The van der Waals surface area contributed by atoms with Crippen LogP contribution in [0.2, 0.25) is 0 Å². The van der Waals surface area contributed by atoms with E-state index < -0.39 is 5.82 Å². The molecule has 1 aliphatic heterocycles. The van der Waals surface area contributed by atoms with Crippen molar-refractivity contribution in [1.82, 2.24) is 10.2 Å². The van der Waals surface area contributed by atoms with Crippen LogP contribution < -0.4 is 10.1 Å². The maximum Gasteiger partial charge on any atom is 0.249 e. The molecule has 1 aromatic carbocycles. The number of ether oxygens (including phenoxy) is 1. The van der Waals surface area contributed by atoms with E-state index in [9.17, 15) is 9.18 Å². The molecule has 1 saturated heterocycles. The average molecular weight is 292 g/mol. The topological polar surface area (TPSA) is 41.6 Å². The van der Waals surface area contributed by atoms with Gasteiger partial charge >= 0.3 is 0 Å². The number of benzene rings is 1. The van der Waals surface area contributed by atoms with Gasteiger partial charge in [-0.3, -0.25) is 4.79 Å². The Morgan fingerprint density at radius 3 is 2.62 bits per heavy atom. The Balaban J connectivity index is 2.12. The Morgan fingerprint density at radius 2 is 2.14 bits per heavy atom. The maximum absolute atomic E-state index is 13.7. The standard InChI is InChI=1S/C16H21FN2O2/c1-4-19(16(20)11(2)13-8-18-9-13)10-12-5-6-15(21-3)14(17)7-12/h5-7,18H,4,8-10H2,1-3H3. The monoisotopic (exact) mass is 292 g/mol. The zero-order valence-electron chi connectivity index (χ0n) is 12.7. The number of halogens is 1. The van der Waals surface area contributed by atoms with Crippen LogP contribution in [0.5, 0.6) is 5.75 Å². The van der Waals surface area contributed by atoms with Crippen LogP contribution in [0.25, 0.3) is 0 Å². The van der Waals surface area contributed by atoms with Gasteiger partial charge in [0.15, 0.2) is 11.6 Å². The van der Waals surface area contributed by atoms with Crippen molar-refractivity contribution in [2.45, 2.75) is 20.4 Å². The summed E-state index contributed by atoms with van der Waals surface area (Å²) in [6.45, 7) is 6.34. The molecule has 114 valence electrons. The third-order valence-electron chi connectivity index (χ3n) is 3.79. The predicted molar refractivity (Wildman–Crippen MR) is 79.6 cm³/mol. The zero-order valence-corrected chi connectivity index (χ0v) is 12.7. The summed E-state index contributed by atoms with van der Waals surface area (Å²) in [6.07, 6.45) is 0. The number of nitrogens with zero attached hydrogens (tertiary/aromatic N) is 1. The van der Waals surface area contributed by atoms with Crippen molar-refractivity contribution < 1.29 is 13.9 Å². The molecule has 0 aliphatic carbocycles. The van der Waals surface area contributed by atoms with Crippen LogP contribution in [0.3, 0.4) is 0 Å². The molecule has 2 rings (SSSR count). The second kappa shape index (κ2) is 6.72. The van der Waals surface area contributed by atoms with Crippen LogP contribution in [-0.4, -0.2) is 37.6 Å². The molecule has 5 heteroatoms. The summed E-state index contributed by atoms with van der Waals surface area (Å²) in [5.74, 6) is -0.172. The lowest BCUT2D eigenvalue weighted by Crippen LogP contribution is -2.39. The van der Waals surface area contributed by atoms with E-state index in [0.29, 0.717) is 13.1 Å². The second-order valence-corrected chi connectivity index (χ2v) is 5.12. The molecule has 1 N–H and O–H groups in total. The summed E-state index contributed by atoms with van der Waals surface area (Å²) < 4.78 is 18.6. The summed E-state index contributed by atoms with van der Waals surface area (Å²) in [6, 6.07) is 4.79. The van der Waals surface area contributed by atoms with Crippen molar-refractivity contribution in [2.24, 2.45) is 0 Å². The normalized spacial score (nSPS) is 13.6. The lowest BCUT2D eigenvalue weighted by molar-refractivity contribution is -0.127. The minimum Gasteiger partial charge on any atom is -0.494 e. The largest absolute Gasteiger partial charge is 0.494 e. The van der Waals surface area contributed by atoms with Crippen molar-refractivity contribution >= 4 is 5.91 Å². The number of amides is 1. The zero-order chi connectivity index (χ0) is 15.4. The molecule has 1 amide bonds. The Morgan fingerprint density at radius 1 is 1.43 bits per heavy atom. The summed E-state index contributed by atoms with van der Waals surface area (Å²) >= 11 is 0. The molecule has 4 nitrogen and oxygen atoms in total. The second-order valence-electron chi connectivity index (χ2n) is 5.12. The first-order valence-corrected chi connectivity index (χ1v) is 7.07. The number of likely N-dealkylation sites (N-methyl/N-ethyl adjacent to an activating group) is 1. The first-order chi connectivity index (χ1) is 10.1. The molecule has 0 atom stereocenters. The van der Waals surface area contributed by atoms with Crippen LogP contribution >= 0.6 is 0 Å². The lowest BCUT2D eigenvalue weighted by atomic mass is 10.0. The highest BCUT2D eigenvalue weighted by molar-refractivity contribution is 5.94. The van der Waals surface area contributed by atoms with Crippen LogP contribution in [0.15, 0.2) is 29.3 Å². The van der Waals surface area contributed by atoms with E-state index >= 15 is 0 Å². The smallest absolute Gasteiger partial charge is 0.249 e. The highest BCUT2D eigenvalue weighted by Crippen LogP contribution is 2.20. The Labute approximate surface area is 124 Å². The number of nitrogens with one attached hydrogen (secondary N) is 1. The third-order valence-corrected chi connectivity index (χ3v) is 3.79. The van der Waals surface area contributed by atoms with Gasteiger partial charge < -0.3 is 15.0 Å². The molecule has 0 spiro atoms. The van der Waals surface area contributed by atoms with E-state index in [1.54, 1.807) is 17.0 Å². The fourth-order valence-electron chi connectivity index (χ4n) is 2.26. The molecule has 1 aliphatic rings. The summed E-state index contributed by atoms with van der Waals surface area (Å²) in [7, 11) is 1.43. The van der Waals surface area contributed by atoms with Crippen molar-refractivity contribution in [3.05, 3.63) is 40.7 Å². The highest BCUT2D eigenvalue weighted by Gasteiger charge is 2.20. The SMILES string of the molecule is CCN(Cc1ccc(OC)c(F)c1)C(=O)C(C)=C1CNC1. The van der Waals surface area contributed by atoms with E-state index in [4.69, 9.17) is 4.74 Å². The summed E-state index contributed by atoms with van der Waals surface area (Å²) in [4.78, 5) is 14.2. The van der Waals surface area contributed by atoms with Crippen LogP contribution in [0.4, 0.5) is 4.39 Å². The van der Waals surface area contributed by atoms with Gasteiger partial charge in [0.2, 0.25) is 5.91 Å². The third kappa shape index (κ3) is 3.42. The Kier molecular flexibility index (Phi) is 4.96. The molecule has 0 radical (unpaired) electrons. The molecule has 0 unspecified atom stereocenters. The van der Waals surface area contributed by atoms with Crippen molar-refractivity contribution in [3.63, 3.8) is 0 Å². The fraction of sp³-hybridized carbons (Fsp3) is 0.438. The van der Waals surface area contributed by atoms with E-state index in [0.717, 1.165) is 29.8 Å². The minimum absolute atomic E-state index is 0.0187. The van der Waals surface area contributed by atoms with Gasteiger partial charge in [-0.15, -0.1) is 0 Å². The highest BCUT2D eigenvalue weighted by atomic mass is 19.1. The van der Waals surface area contributed by atoms with Crippen molar-refractivity contribution in [3.8, 4) is 5.75 Å². The van der Waals surface area contributed by atoms with Crippen molar-refractivity contribution in [2.75, 3.05) is 26.7 Å². The van der Waals surface area contributed by atoms with Gasteiger partial charge in [-0.25, -0.2) is 4.39 Å². The number of hydrogen-bond acceptors (Lipinski definition) is 3. The molecule has 0 aromatic heterocycles. The quantitative estimate of drug-likeness (QED) is 0.845. The molecule has 1 aromatic rings. The average Bonchev–Trinajstić information content (AvgIpc) is 2.42. The number of methoxy groups -OCH3 is 1. The molecule has 1 heterocycles. The van der Waals surface area contributed by atoms with Crippen LogP contribution in [-0.2, 0) is 11.3 Å². The fourth-order valence-corrected chi connectivity index (χ4v) is 2.26. The first kappa shape index (κ1) is 15.5. The van der Waals surface area contributed by atoms with Gasteiger partial charge in [-0.1, -0.05) is 6.07 Å². The van der Waals surface area contributed by atoms with Gasteiger partial charge in [0.1, 0.15) is 0 Å². The number of rotatable bonds is 5. The van der Waals surface area contributed by atoms with Gasteiger partial charge in [0.05, 0.1) is 7.11 Å². The molecular formula is C16H21FN2O2. The maximum atomic E-state index is 13.7. The molecule has 1 fully saturated rings. The molecule has 0 bridgehead atoms. The van der Waals surface area contributed by atoms with E-state index in [-0.39, 0.29) is 11.7 Å². The van der Waals surface area contributed by atoms with E-state index in [2.05, 4.69) is 5.32 Å². The van der Waals surface area contributed by atoms with E-state index in [1.807, 2.05) is 13.8 Å². The lowest BCUT2D eigenvalue weighted by Gasteiger charge is -2.26. The van der Waals surface area contributed by atoms with Gasteiger partial charge in [0.25, 0.3) is 0 Å². The Bertz CT molecular complexity index is 563. The molecule has 0 saturated carbocycles. The molecular weight excluding hydrogens is 271 g/mol. The van der Waals surface area contributed by atoms with Crippen molar-refractivity contribution in [1.29, 1.82) is 0 Å². The minimum atomic E-state index is -0.406. The number of hydrogen-bond donors (Lipinski definition) is 1. The molecule has 21 heavy (non-hydrogen) atoms. The predicted octanol–water partition coefficient (Wildman–Crippen LogP) is 2.10. The van der Waals surface area contributed by atoms with E-state index in [1.165, 1.54) is 13.2 Å². The van der Waals surface area contributed by atoms with Gasteiger partial charge in [-0.2, -0.15) is 0 Å². The van der Waals surface area contributed by atoms with Crippen LogP contribution in [0, 0.1) is 5.82 Å². The van der Waals surface area contributed by atoms with Gasteiger partial charge in [-0.05, 0) is 37.1 Å². The number of carbonyl (C=O) groups is 1. The summed E-state index contributed by atoms with van der Waals surface area (Å²) in [5, 5.41) is 3.13. The van der Waals surface area contributed by atoms with Crippen LogP contribution in [0.1, 0.15) is 19.4 Å². The Hall–Kier alpha value is -1.88. The first-order valence-electron chi connectivity index (χ1n) is 7.07. The number of carbonyl (C=O) groups excluding carboxylic acids is 1. The summed E-state index contributed by atoms with van der Waals surface area (Å²) in [5.41, 5.74) is 2.71.